The third-order valence-corrected chi connectivity index (χ3v) is 3.41. The quantitative estimate of drug-likeness (QED) is 0.907. The topological polar surface area (TPSA) is 29.9 Å². The number of nitrogens with zero attached hydrogens (tertiary/aromatic N) is 2. The Balaban J connectivity index is 2.45. The molecular formula is C14H17Cl2N3. The number of hydrogen-bond donors (Lipinski definition) is 1. The third kappa shape index (κ3) is 3.30. The second kappa shape index (κ2) is 6.42. The van der Waals surface area contributed by atoms with Gasteiger partial charge in [-0.1, -0.05) is 30.1 Å². The molecule has 1 atom stereocenters. The van der Waals surface area contributed by atoms with Gasteiger partial charge in [-0.3, -0.25) is 0 Å². The molecule has 1 aromatic heterocycles. The first kappa shape index (κ1) is 14.4. The number of imidazole rings is 1. The molecule has 0 bridgehead atoms. The van der Waals surface area contributed by atoms with E-state index < -0.39 is 0 Å². The fraction of sp³-hybridized carbons (Fsp3) is 0.357. The third-order valence-electron chi connectivity index (χ3n) is 2.97. The average molecular weight is 298 g/mol. The van der Waals surface area contributed by atoms with Gasteiger partial charge >= 0.3 is 0 Å². The van der Waals surface area contributed by atoms with Crippen LogP contribution >= 0.6 is 23.2 Å². The number of benzene rings is 1. The van der Waals surface area contributed by atoms with Crippen LogP contribution in [0.5, 0.6) is 0 Å². The van der Waals surface area contributed by atoms with E-state index in [0.717, 1.165) is 24.5 Å². The molecule has 0 fully saturated rings. The minimum Gasteiger partial charge on any atom is -0.334 e. The lowest BCUT2D eigenvalue weighted by atomic mass is 10.1. The lowest BCUT2D eigenvalue weighted by Crippen LogP contribution is -2.25. The number of nitrogens with one attached hydrogen (secondary N) is 1. The van der Waals surface area contributed by atoms with Gasteiger partial charge in [-0.05, 0) is 37.2 Å². The molecule has 0 aliphatic rings. The molecule has 2 rings (SSSR count). The molecule has 2 aromatic rings. The second-order valence-corrected chi connectivity index (χ2v) is 5.14. The van der Waals surface area contributed by atoms with Gasteiger partial charge in [0.2, 0.25) is 0 Å². The van der Waals surface area contributed by atoms with Gasteiger partial charge in [0.05, 0.1) is 6.04 Å². The Labute approximate surface area is 123 Å². The molecule has 102 valence electrons. The first-order valence-corrected chi connectivity index (χ1v) is 7.11. The van der Waals surface area contributed by atoms with E-state index in [1.165, 1.54) is 0 Å². The van der Waals surface area contributed by atoms with Crippen molar-refractivity contribution in [2.75, 3.05) is 6.54 Å². The van der Waals surface area contributed by atoms with Gasteiger partial charge < -0.3 is 9.88 Å². The van der Waals surface area contributed by atoms with Crippen molar-refractivity contribution in [1.29, 1.82) is 0 Å². The Morgan fingerprint density at radius 1 is 1.21 bits per heavy atom. The van der Waals surface area contributed by atoms with Crippen LogP contribution < -0.4 is 5.32 Å². The van der Waals surface area contributed by atoms with Crippen molar-refractivity contribution < 1.29 is 0 Å². The maximum atomic E-state index is 6.09. The second-order valence-electron chi connectivity index (χ2n) is 4.26. The van der Waals surface area contributed by atoms with Crippen LogP contribution in [0, 0.1) is 0 Å². The fourth-order valence-corrected chi connectivity index (χ4v) is 2.70. The standard InChI is InChI=1S/C14H17Cl2N3/c1-3-17-13(14-18-5-6-19(14)4-2)10-7-11(15)9-12(16)8-10/h5-9,13,17H,3-4H2,1-2H3. The highest BCUT2D eigenvalue weighted by molar-refractivity contribution is 6.34. The maximum absolute atomic E-state index is 6.09. The summed E-state index contributed by atoms with van der Waals surface area (Å²) in [6, 6.07) is 5.59. The van der Waals surface area contributed by atoms with E-state index in [2.05, 4.69) is 28.7 Å². The van der Waals surface area contributed by atoms with E-state index in [-0.39, 0.29) is 6.04 Å². The predicted octanol–water partition coefficient (Wildman–Crippen LogP) is 3.91. The monoisotopic (exact) mass is 297 g/mol. The van der Waals surface area contributed by atoms with Crippen molar-refractivity contribution in [2.24, 2.45) is 0 Å². The fourth-order valence-electron chi connectivity index (χ4n) is 2.15. The summed E-state index contributed by atoms with van der Waals surface area (Å²) in [5.41, 5.74) is 1.03. The molecule has 1 unspecified atom stereocenters. The van der Waals surface area contributed by atoms with Gasteiger partial charge in [0, 0.05) is 29.0 Å². The first-order valence-electron chi connectivity index (χ1n) is 6.36. The van der Waals surface area contributed by atoms with Crippen molar-refractivity contribution in [2.45, 2.75) is 26.4 Å². The number of hydrogen-bond acceptors (Lipinski definition) is 2. The Bertz CT molecular complexity index is 531. The lowest BCUT2D eigenvalue weighted by molar-refractivity contribution is 0.559. The zero-order valence-corrected chi connectivity index (χ0v) is 12.5. The molecule has 3 nitrogen and oxygen atoms in total. The molecule has 1 heterocycles. The van der Waals surface area contributed by atoms with Crippen LogP contribution in [0.4, 0.5) is 0 Å². The van der Waals surface area contributed by atoms with Crippen molar-refractivity contribution in [3.8, 4) is 0 Å². The van der Waals surface area contributed by atoms with Crippen molar-refractivity contribution in [1.82, 2.24) is 14.9 Å². The molecule has 0 radical (unpaired) electrons. The summed E-state index contributed by atoms with van der Waals surface area (Å²) in [6.45, 7) is 5.88. The number of aryl methyl sites for hydroxylation is 1. The van der Waals surface area contributed by atoms with E-state index in [1.54, 1.807) is 6.07 Å². The molecule has 0 aliphatic carbocycles. The van der Waals surface area contributed by atoms with Crippen LogP contribution in [0.1, 0.15) is 31.3 Å². The molecule has 1 aromatic carbocycles. The highest BCUT2D eigenvalue weighted by Crippen LogP contribution is 2.27. The number of aromatic nitrogens is 2. The molecule has 0 aliphatic heterocycles. The molecular weight excluding hydrogens is 281 g/mol. The highest BCUT2D eigenvalue weighted by Gasteiger charge is 2.18. The van der Waals surface area contributed by atoms with Crippen LogP contribution in [-0.4, -0.2) is 16.1 Å². The minimum absolute atomic E-state index is 0.00356. The minimum atomic E-state index is -0.00356. The average Bonchev–Trinajstić information content (AvgIpc) is 2.82. The largest absolute Gasteiger partial charge is 0.334 e. The normalized spacial score (nSPS) is 12.6. The summed E-state index contributed by atoms with van der Waals surface area (Å²) in [7, 11) is 0. The van der Waals surface area contributed by atoms with Gasteiger partial charge in [-0.25, -0.2) is 4.98 Å². The Kier molecular flexibility index (Phi) is 4.86. The summed E-state index contributed by atoms with van der Waals surface area (Å²) in [5.74, 6) is 0.975. The molecule has 0 saturated heterocycles. The summed E-state index contributed by atoms with van der Waals surface area (Å²) >= 11 is 12.2. The highest BCUT2D eigenvalue weighted by atomic mass is 35.5. The van der Waals surface area contributed by atoms with Crippen molar-refractivity contribution in [3.63, 3.8) is 0 Å². The predicted molar refractivity (Wildman–Crippen MR) is 79.9 cm³/mol. The molecule has 0 amide bonds. The molecule has 5 heteroatoms. The SMILES string of the molecule is CCNC(c1cc(Cl)cc(Cl)c1)c1nccn1CC. The van der Waals surface area contributed by atoms with E-state index in [0.29, 0.717) is 10.0 Å². The number of rotatable bonds is 5. The van der Waals surface area contributed by atoms with Crippen LogP contribution in [0.15, 0.2) is 30.6 Å². The van der Waals surface area contributed by atoms with E-state index >= 15 is 0 Å². The van der Waals surface area contributed by atoms with Crippen molar-refractivity contribution in [3.05, 3.63) is 52.0 Å². The Morgan fingerprint density at radius 2 is 1.89 bits per heavy atom. The maximum Gasteiger partial charge on any atom is 0.130 e. The van der Waals surface area contributed by atoms with Gasteiger partial charge in [0.15, 0.2) is 0 Å². The molecule has 0 spiro atoms. The Hall–Kier alpha value is -1.03. The molecule has 0 saturated carbocycles. The van der Waals surface area contributed by atoms with Crippen LogP contribution in [-0.2, 0) is 6.54 Å². The van der Waals surface area contributed by atoms with Gasteiger partial charge in [-0.15, -0.1) is 0 Å². The first-order chi connectivity index (χ1) is 9.15. The zero-order chi connectivity index (χ0) is 13.8. The number of halogens is 2. The summed E-state index contributed by atoms with van der Waals surface area (Å²) in [5, 5.41) is 4.71. The van der Waals surface area contributed by atoms with Gasteiger partial charge in [0.25, 0.3) is 0 Å². The lowest BCUT2D eigenvalue weighted by Gasteiger charge is -2.19. The van der Waals surface area contributed by atoms with E-state index in [9.17, 15) is 0 Å². The Morgan fingerprint density at radius 3 is 2.47 bits per heavy atom. The zero-order valence-electron chi connectivity index (χ0n) is 11.0. The molecule has 1 N–H and O–H groups in total. The van der Waals surface area contributed by atoms with Crippen LogP contribution in [0.3, 0.4) is 0 Å². The molecule has 19 heavy (non-hydrogen) atoms. The summed E-state index contributed by atoms with van der Waals surface area (Å²) in [6.07, 6.45) is 3.79. The van der Waals surface area contributed by atoms with Crippen molar-refractivity contribution >= 4 is 23.2 Å². The van der Waals surface area contributed by atoms with Crippen LogP contribution in [0.25, 0.3) is 0 Å². The van der Waals surface area contributed by atoms with Crippen LogP contribution in [0.2, 0.25) is 10.0 Å². The summed E-state index contributed by atoms with van der Waals surface area (Å²) < 4.78 is 2.11. The van der Waals surface area contributed by atoms with Gasteiger partial charge in [0.1, 0.15) is 5.82 Å². The smallest absolute Gasteiger partial charge is 0.130 e. The van der Waals surface area contributed by atoms with E-state index in [1.807, 2.05) is 24.5 Å². The van der Waals surface area contributed by atoms with Gasteiger partial charge in [-0.2, -0.15) is 0 Å². The van der Waals surface area contributed by atoms with E-state index in [4.69, 9.17) is 23.2 Å². The summed E-state index contributed by atoms with van der Waals surface area (Å²) in [4.78, 5) is 4.46.